The lowest BCUT2D eigenvalue weighted by Crippen LogP contribution is -2.52. The second-order valence-electron chi connectivity index (χ2n) is 5.56. The van der Waals surface area contributed by atoms with E-state index in [1.165, 1.54) is 21.6 Å². The molecular weight excluding hydrogens is 366 g/mol. The van der Waals surface area contributed by atoms with E-state index in [1.807, 2.05) is 0 Å². The molecule has 0 aliphatic heterocycles. The van der Waals surface area contributed by atoms with Crippen LogP contribution in [0.15, 0.2) is 4.99 Å². The Morgan fingerprint density at radius 3 is 2.48 bits per heavy atom. The van der Waals surface area contributed by atoms with Gasteiger partial charge in [-0.3, -0.25) is 9.79 Å². The molecule has 0 aliphatic carbocycles. The first-order chi connectivity index (χ1) is 11.8. The van der Waals surface area contributed by atoms with Crippen LogP contribution in [-0.4, -0.2) is 79.8 Å². The van der Waals surface area contributed by atoms with Gasteiger partial charge in [-0.05, 0) is 20.6 Å². The van der Waals surface area contributed by atoms with Crippen LogP contribution in [0.3, 0.4) is 0 Å². The van der Waals surface area contributed by atoms with E-state index in [-0.39, 0.29) is 18.9 Å². The SMILES string of the molecule is C=NCCOCCOCCC(=O)N[C@H](C(=O)O)C(C)(C)SSCCN. The van der Waals surface area contributed by atoms with Crippen LogP contribution in [0.25, 0.3) is 0 Å². The Morgan fingerprint density at radius 1 is 1.28 bits per heavy atom. The molecule has 0 aliphatic rings. The van der Waals surface area contributed by atoms with Gasteiger partial charge >= 0.3 is 5.97 Å². The number of carboxylic acids is 1. The average molecular weight is 396 g/mol. The zero-order valence-corrected chi connectivity index (χ0v) is 16.5. The van der Waals surface area contributed by atoms with Gasteiger partial charge in [0.25, 0.3) is 0 Å². The number of aliphatic imine (C=N–C) groups is 1. The molecular formula is C15H29N3O5S2. The normalized spacial score (nSPS) is 12.6. The van der Waals surface area contributed by atoms with Crippen molar-refractivity contribution in [3.8, 4) is 0 Å². The highest BCUT2D eigenvalue weighted by atomic mass is 33.1. The third-order valence-electron chi connectivity index (χ3n) is 2.96. The summed E-state index contributed by atoms with van der Waals surface area (Å²) in [6.07, 6.45) is 0.0919. The number of ether oxygens (including phenoxy) is 2. The summed E-state index contributed by atoms with van der Waals surface area (Å²) in [6.45, 7) is 9.44. The van der Waals surface area contributed by atoms with Gasteiger partial charge in [0.05, 0.1) is 37.7 Å². The molecule has 0 spiro atoms. The third-order valence-corrected chi connectivity index (χ3v) is 6.29. The van der Waals surface area contributed by atoms with Crippen LogP contribution >= 0.6 is 21.6 Å². The second-order valence-corrected chi connectivity index (χ2v) is 8.63. The molecule has 0 unspecified atom stereocenters. The number of aliphatic carboxylic acids is 1. The quantitative estimate of drug-likeness (QED) is 0.199. The summed E-state index contributed by atoms with van der Waals surface area (Å²) in [7, 11) is 2.90. The van der Waals surface area contributed by atoms with Gasteiger partial charge < -0.3 is 25.6 Å². The molecule has 10 heteroatoms. The van der Waals surface area contributed by atoms with Gasteiger partial charge in [-0.1, -0.05) is 21.6 Å². The Labute approximate surface area is 157 Å². The molecule has 0 heterocycles. The van der Waals surface area contributed by atoms with Gasteiger partial charge in [-0.15, -0.1) is 0 Å². The van der Waals surface area contributed by atoms with E-state index < -0.39 is 16.8 Å². The molecule has 0 fully saturated rings. The summed E-state index contributed by atoms with van der Waals surface area (Å²) in [6, 6.07) is -0.995. The minimum absolute atomic E-state index is 0.0919. The maximum Gasteiger partial charge on any atom is 0.327 e. The van der Waals surface area contributed by atoms with Crippen LogP contribution in [-0.2, 0) is 19.1 Å². The van der Waals surface area contributed by atoms with Crippen LogP contribution in [0.2, 0.25) is 0 Å². The molecule has 25 heavy (non-hydrogen) atoms. The third kappa shape index (κ3) is 12.2. The summed E-state index contributed by atoms with van der Waals surface area (Å²) < 4.78 is 9.84. The number of hydrogen-bond acceptors (Lipinski definition) is 8. The largest absolute Gasteiger partial charge is 0.480 e. The Bertz CT molecular complexity index is 411. The summed E-state index contributed by atoms with van der Waals surface area (Å²) in [4.78, 5) is 27.1. The standard InChI is InChI=1S/C15H29N3O5S2/c1-15(2,25-24-11-5-16)13(14(20)21)18-12(19)4-7-22-9-10-23-8-6-17-3/h13H,3-11,16H2,1-2H3,(H,18,19)(H,20,21)/t13-/m1/s1. The van der Waals surface area contributed by atoms with Crippen molar-refractivity contribution >= 4 is 40.2 Å². The highest BCUT2D eigenvalue weighted by Gasteiger charge is 2.37. The minimum atomic E-state index is -1.07. The van der Waals surface area contributed by atoms with Gasteiger partial charge in [0.15, 0.2) is 0 Å². The van der Waals surface area contributed by atoms with E-state index in [0.29, 0.717) is 38.7 Å². The van der Waals surface area contributed by atoms with Gasteiger partial charge in [0, 0.05) is 18.7 Å². The van der Waals surface area contributed by atoms with Gasteiger partial charge in [0.2, 0.25) is 5.91 Å². The van der Waals surface area contributed by atoms with Crippen LogP contribution < -0.4 is 11.1 Å². The molecule has 0 aromatic carbocycles. The van der Waals surface area contributed by atoms with E-state index >= 15 is 0 Å². The predicted molar refractivity (Wildman–Crippen MR) is 103 cm³/mol. The maximum absolute atomic E-state index is 12.0. The molecule has 0 rings (SSSR count). The number of nitrogens with two attached hydrogens (primary N) is 1. The first-order valence-corrected chi connectivity index (χ1v) is 10.3. The highest BCUT2D eigenvalue weighted by molar-refractivity contribution is 8.77. The number of carbonyl (C=O) groups is 2. The van der Waals surface area contributed by atoms with Crippen molar-refractivity contribution in [2.24, 2.45) is 10.7 Å². The summed E-state index contributed by atoms with van der Waals surface area (Å²) in [5, 5.41) is 12.0. The summed E-state index contributed by atoms with van der Waals surface area (Å²) >= 11 is 0. The van der Waals surface area contributed by atoms with Crippen LogP contribution in [0.1, 0.15) is 20.3 Å². The van der Waals surface area contributed by atoms with Crippen molar-refractivity contribution in [1.29, 1.82) is 0 Å². The number of nitrogens with zero attached hydrogens (tertiary/aromatic N) is 1. The molecule has 0 bridgehead atoms. The topological polar surface area (TPSA) is 123 Å². The molecule has 146 valence electrons. The Morgan fingerprint density at radius 2 is 1.92 bits per heavy atom. The van der Waals surface area contributed by atoms with Crippen molar-refractivity contribution < 1.29 is 24.2 Å². The molecule has 0 radical (unpaired) electrons. The first kappa shape index (κ1) is 24.2. The molecule has 0 saturated heterocycles. The van der Waals surface area contributed by atoms with Crippen LogP contribution in [0, 0.1) is 0 Å². The molecule has 1 atom stereocenters. The maximum atomic E-state index is 12.0. The Hall–Kier alpha value is -0.810. The predicted octanol–water partition coefficient (Wildman–Crippen LogP) is 0.798. The van der Waals surface area contributed by atoms with E-state index in [2.05, 4.69) is 17.0 Å². The van der Waals surface area contributed by atoms with Crippen LogP contribution in [0.5, 0.6) is 0 Å². The van der Waals surface area contributed by atoms with Gasteiger partial charge in [0.1, 0.15) is 6.04 Å². The Kier molecular flexibility index (Phi) is 13.9. The zero-order valence-electron chi connectivity index (χ0n) is 14.9. The number of amides is 1. The van der Waals surface area contributed by atoms with Crippen molar-refractivity contribution in [2.75, 3.05) is 45.3 Å². The highest BCUT2D eigenvalue weighted by Crippen LogP contribution is 2.37. The number of carboxylic acid groups (broad SMARTS) is 1. The lowest BCUT2D eigenvalue weighted by atomic mass is 10.0. The smallest absolute Gasteiger partial charge is 0.327 e. The fraction of sp³-hybridized carbons (Fsp3) is 0.800. The van der Waals surface area contributed by atoms with E-state index in [9.17, 15) is 14.7 Å². The monoisotopic (exact) mass is 395 g/mol. The summed E-state index contributed by atoms with van der Waals surface area (Å²) in [5.74, 6) is -0.710. The summed E-state index contributed by atoms with van der Waals surface area (Å²) in [5.41, 5.74) is 5.44. The van der Waals surface area contributed by atoms with Crippen molar-refractivity contribution in [3.05, 3.63) is 0 Å². The lowest BCUT2D eigenvalue weighted by molar-refractivity contribution is -0.142. The molecule has 0 aromatic heterocycles. The van der Waals surface area contributed by atoms with Gasteiger partial charge in [-0.25, -0.2) is 4.79 Å². The lowest BCUT2D eigenvalue weighted by Gasteiger charge is -2.30. The second kappa shape index (κ2) is 14.4. The van der Waals surface area contributed by atoms with E-state index in [1.54, 1.807) is 13.8 Å². The number of hydrogen-bond donors (Lipinski definition) is 3. The molecule has 1 amide bonds. The van der Waals surface area contributed by atoms with Crippen LogP contribution in [0.4, 0.5) is 0 Å². The number of rotatable bonds is 16. The van der Waals surface area contributed by atoms with E-state index in [4.69, 9.17) is 15.2 Å². The molecule has 4 N–H and O–H groups in total. The number of carbonyl (C=O) groups excluding carboxylic acids is 1. The van der Waals surface area contributed by atoms with Crippen molar-refractivity contribution in [1.82, 2.24) is 5.32 Å². The minimum Gasteiger partial charge on any atom is -0.480 e. The Balaban J connectivity index is 4.11. The van der Waals surface area contributed by atoms with Crippen molar-refractivity contribution in [3.63, 3.8) is 0 Å². The van der Waals surface area contributed by atoms with Crippen molar-refractivity contribution in [2.45, 2.75) is 31.1 Å². The molecule has 8 nitrogen and oxygen atoms in total. The average Bonchev–Trinajstić information content (AvgIpc) is 2.54. The van der Waals surface area contributed by atoms with E-state index in [0.717, 1.165) is 0 Å². The fourth-order valence-corrected chi connectivity index (χ4v) is 4.15. The molecule has 0 aromatic rings. The fourth-order valence-electron chi connectivity index (χ4n) is 1.67. The first-order valence-electron chi connectivity index (χ1n) is 7.96. The van der Waals surface area contributed by atoms with Gasteiger partial charge in [-0.2, -0.15) is 0 Å². The number of nitrogens with one attached hydrogen (secondary N) is 1. The zero-order chi connectivity index (χ0) is 19.1. The molecule has 0 saturated carbocycles.